The smallest absolute Gasteiger partial charge is 0.129 e. The Kier molecular flexibility index (Phi) is 4.34. The molecule has 1 aromatic heterocycles. The van der Waals surface area contributed by atoms with Crippen LogP contribution < -0.4 is 0 Å². The Balaban J connectivity index is 2.01. The number of morpholine rings is 1. The predicted molar refractivity (Wildman–Crippen MR) is 65.9 cm³/mol. The molecular formula is C12H17ClN2O2. The summed E-state index contributed by atoms with van der Waals surface area (Å²) in [5.74, 6) is 0. The molecular weight excluding hydrogens is 240 g/mol. The first kappa shape index (κ1) is 12.8. The maximum absolute atomic E-state index is 9.12. The molecule has 1 fully saturated rings. The van der Waals surface area contributed by atoms with Crippen molar-refractivity contribution in [2.75, 3.05) is 19.8 Å². The van der Waals surface area contributed by atoms with Crippen molar-refractivity contribution in [3.05, 3.63) is 29.0 Å². The third-order valence-corrected chi connectivity index (χ3v) is 3.19. The van der Waals surface area contributed by atoms with Crippen LogP contribution in [0.3, 0.4) is 0 Å². The standard InChI is InChI=1S/C12H17ClN2O2/c1-9-8-17-11(7-16)6-15(9)5-10-3-2-4-12(13)14-10/h2-4,9,11,16H,5-8H2,1H3. The van der Waals surface area contributed by atoms with Crippen LogP contribution in [0.1, 0.15) is 12.6 Å². The molecule has 4 nitrogen and oxygen atoms in total. The lowest BCUT2D eigenvalue weighted by Crippen LogP contribution is -2.48. The topological polar surface area (TPSA) is 45.6 Å². The molecule has 1 aliphatic rings. The zero-order chi connectivity index (χ0) is 12.3. The summed E-state index contributed by atoms with van der Waals surface area (Å²) < 4.78 is 5.49. The van der Waals surface area contributed by atoms with Gasteiger partial charge in [-0.3, -0.25) is 4.90 Å². The van der Waals surface area contributed by atoms with Crippen LogP contribution in [0.4, 0.5) is 0 Å². The van der Waals surface area contributed by atoms with Crippen molar-refractivity contribution in [1.29, 1.82) is 0 Å². The summed E-state index contributed by atoms with van der Waals surface area (Å²) in [4.78, 5) is 6.53. The number of rotatable bonds is 3. The van der Waals surface area contributed by atoms with Crippen LogP contribution in [0.5, 0.6) is 0 Å². The first-order valence-corrected chi connectivity index (χ1v) is 6.15. The lowest BCUT2D eigenvalue weighted by molar-refractivity contribution is -0.0808. The van der Waals surface area contributed by atoms with Gasteiger partial charge >= 0.3 is 0 Å². The maximum atomic E-state index is 9.12. The molecule has 94 valence electrons. The molecule has 1 N–H and O–H groups in total. The fourth-order valence-corrected chi connectivity index (χ4v) is 2.13. The fraction of sp³-hybridized carbons (Fsp3) is 0.583. The third kappa shape index (κ3) is 3.39. The summed E-state index contributed by atoms with van der Waals surface area (Å²) in [6.45, 7) is 4.28. The van der Waals surface area contributed by atoms with Crippen LogP contribution in [-0.4, -0.2) is 46.9 Å². The summed E-state index contributed by atoms with van der Waals surface area (Å²) in [7, 11) is 0. The van der Waals surface area contributed by atoms with Gasteiger partial charge in [0, 0.05) is 19.1 Å². The number of ether oxygens (including phenoxy) is 1. The van der Waals surface area contributed by atoms with Gasteiger partial charge in [0.2, 0.25) is 0 Å². The number of aliphatic hydroxyl groups is 1. The van der Waals surface area contributed by atoms with Gasteiger partial charge in [-0.05, 0) is 19.1 Å². The van der Waals surface area contributed by atoms with E-state index in [1.807, 2.05) is 12.1 Å². The highest BCUT2D eigenvalue weighted by molar-refractivity contribution is 6.29. The largest absolute Gasteiger partial charge is 0.394 e. The minimum Gasteiger partial charge on any atom is -0.394 e. The number of hydrogen-bond acceptors (Lipinski definition) is 4. The van der Waals surface area contributed by atoms with Gasteiger partial charge in [0.15, 0.2) is 0 Å². The molecule has 1 saturated heterocycles. The number of aromatic nitrogens is 1. The number of hydrogen-bond donors (Lipinski definition) is 1. The first-order valence-electron chi connectivity index (χ1n) is 5.77. The van der Waals surface area contributed by atoms with Gasteiger partial charge < -0.3 is 9.84 Å². The molecule has 0 aromatic carbocycles. The second-order valence-corrected chi connectivity index (χ2v) is 4.76. The minimum absolute atomic E-state index is 0.0617. The maximum Gasteiger partial charge on any atom is 0.129 e. The van der Waals surface area contributed by atoms with Gasteiger partial charge in [-0.15, -0.1) is 0 Å². The highest BCUT2D eigenvalue weighted by Gasteiger charge is 2.25. The van der Waals surface area contributed by atoms with Crippen molar-refractivity contribution < 1.29 is 9.84 Å². The molecule has 0 saturated carbocycles. The van der Waals surface area contributed by atoms with Gasteiger partial charge in [0.1, 0.15) is 5.15 Å². The van der Waals surface area contributed by atoms with Crippen LogP contribution >= 0.6 is 11.6 Å². The van der Waals surface area contributed by atoms with E-state index in [-0.39, 0.29) is 12.7 Å². The number of nitrogens with zero attached hydrogens (tertiary/aromatic N) is 2. The Morgan fingerprint density at radius 3 is 3.12 bits per heavy atom. The van der Waals surface area contributed by atoms with E-state index < -0.39 is 0 Å². The zero-order valence-corrected chi connectivity index (χ0v) is 10.6. The van der Waals surface area contributed by atoms with E-state index in [4.69, 9.17) is 21.4 Å². The van der Waals surface area contributed by atoms with E-state index in [2.05, 4.69) is 16.8 Å². The molecule has 5 heteroatoms. The Labute approximate surface area is 106 Å². The zero-order valence-electron chi connectivity index (χ0n) is 9.84. The average molecular weight is 257 g/mol. The van der Waals surface area contributed by atoms with Gasteiger partial charge in [-0.1, -0.05) is 17.7 Å². The van der Waals surface area contributed by atoms with Crippen LogP contribution in [0.15, 0.2) is 18.2 Å². The lowest BCUT2D eigenvalue weighted by atomic mass is 10.2. The average Bonchev–Trinajstić information content (AvgIpc) is 2.32. The molecule has 0 radical (unpaired) electrons. The quantitative estimate of drug-likeness (QED) is 0.829. The molecule has 17 heavy (non-hydrogen) atoms. The molecule has 1 aliphatic heterocycles. The Morgan fingerprint density at radius 1 is 1.59 bits per heavy atom. The monoisotopic (exact) mass is 256 g/mol. The molecule has 2 atom stereocenters. The molecule has 0 aliphatic carbocycles. The Hall–Kier alpha value is -0.680. The van der Waals surface area contributed by atoms with E-state index in [1.165, 1.54) is 0 Å². The van der Waals surface area contributed by atoms with E-state index >= 15 is 0 Å². The van der Waals surface area contributed by atoms with Gasteiger partial charge in [0.25, 0.3) is 0 Å². The van der Waals surface area contributed by atoms with Crippen LogP contribution in [0.2, 0.25) is 5.15 Å². The van der Waals surface area contributed by atoms with Crippen LogP contribution in [0.25, 0.3) is 0 Å². The van der Waals surface area contributed by atoms with Crippen molar-refractivity contribution in [2.24, 2.45) is 0 Å². The lowest BCUT2D eigenvalue weighted by Gasteiger charge is -2.37. The molecule has 2 heterocycles. The van der Waals surface area contributed by atoms with Gasteiger partial charge in [-0.2, -0.15) is 0 Å². The molecule has 0 amide bonds. The van der Waals surface area contributed by atoms with E-state index in [9.17, 15) is 0 Å². The summed E-state index contributed by atoms with van der Waals surface area (Å²) >= 11 is 5.86. The van der Waals surface area contributed by atoms with E-state index in [1.54, 1.807) is 6.07 Å². The van der Waals surface area contributed by atoms with Crippen molar-refractivity contribution in [2.45, 2.75) is 25.6 Å². The van der Waals surface area contributed by atoms with Gasteiger partial charge in [0.05, 0.1) is 25.0 Å². The summed E-state index contributed by atoms with van der Waals surface area (Å²) in [6, 6.07) is 5.96. The van der Waals surface area contributed by atoms with Crippen molar-refractivity contribution in [1.82, 2.24) is 9.88 Å². The minimum atomic E-state index is -0.0922. The predicted octanol–water partition coefficient (Wildman–Crippen LogP) is 1.32. The second-order valence-electron chi connectivity index (χ2n) is 4.37. The van der Waals surface area contributed by atoms with E-state index in [0.717, 1.165) is 18.8 Å². The molecule has 1 aromatic rings. The number of halogens is 1. The molecule has 2 rings (SSSR count). The van der Waals surface area contributed by atoms with Crippen molar-refractivity contribution in [3.63, 3.8) is 0 Å². The summed E-state index contributed by atoms with van der Waals surface area (Å²) in [6.07, 6.45) is -0.0922. The van der Waals surface area contributed by atoms with Crippen molar-refractivity contribution in [3.8, 4) is 0 Å². The first-order chi connectivity index (χ1) is 8.19. The SMILES string of the molecule is CC1COC(CO)CN1Cc1cccc(Cl)n1. The summed E-state index contributed by atoms with van der Waals surface area (Å²) in [5, 5.41) is 9.63. The fourth-order valence-electron chi connectivity index (χ4n) is 1.95. The number of pyridine rings is 1. The van der Waals surface area contributed by atoms with Crippen LogP contribution in [-0.2, 0) is 11.3 Å². The molecule has 0 bridgehead atoms. The third-order valence-electron chi connectivity index (χ3n) is 2.98. The highest BCUT2D eigenvalue weighted by Crippen LogP contribution is 2.15. The summed E-state index contributed by atoms with van der Waals surface area (Å²) in [5.41, 5.74) is 0.947. The Morgan fingerprint density at radius 2 is 2.41 bits per heavy atom. The van der Waals surface area contributed by atoms with E-state index in [0.29, 0.717) is 17.8 Å². The second kappa shape index (κ2) is 5.78. The normalized spacial score (nSPS) is 26.1. The number of aliphatic hydroxyl groups excluding tert-OH is 1. The van der Waals surface area contributed by atoms with Gasteiger partial charge in [-0.25, -0.2) is 4.98 Å². The highest BCUT2D eigenvalue weighted by atomic mass is 35.5. The Bertz CT molecular complexity index is 375. The van der Waals surface area contributed by atoms with Crippen molar-refractivity contribution >= 4 is 11.6 Å². The molecule has 2 unspecified atom stereocenters. The molecule has 0 spiro atoms. The van der Waals surface area contributed by atoms with Crippen LogP contribution in [0, 0.1) is 0 Å².